The molecule has 3 rings (SSSR count). The number of anilines is 1. The van der Waals surface area contributed by atoms with Crippen molar-refractivity contribution in [3.8, 4) is 0 Å². The van der Waals surface area contributed by atoms with Crippen LogP contribution in [0.3, 0.4) is 0 Å². The van der Waals surface area contributed by atoms with Crippen LogP contribution in [-0.4, -0.2) is 27.6 Å². The molecule has 2 amide bonds. The highest BCUT2D eigenvalue weighted by molar-refractivity contribution is 7.15. The van der Waals surface area contributed by atoms with Crippen molar-refractivity contribution >= 4 is 28.5 Å². The Kier molecular flexibility index (Phi) is 3.16. The minimum atomic E-state index is -1.19. The van der Waals surface area contributed by atoms with Gasteiger partial charge in [-0.15, -0.1) is 11.3 Å². The zero-order valence-electron chi connectivity index (χ0n) is 11.2. The Labute approximate surface area is 120 Å². The Morgan fingerprint density at radius 1 is 1.40 bits per heavy atom. The number of aryl methyl sites for hydroxylation is 2. The van der Waals surface area contributed by atoms with Gasteiger partial charge < -0.3 is 10.4 Å². The van der Waals surface area contributed by atoms with Crippen LogP contribution in [0, 0.1) is 5.92 Å². The summed E-state index contributed by atoms with van der Waals surface area (Å²) in [7, 11) is 0. The molecule has 1 heterocycles. The molecule has 7 heteroatoms. The van der Waals surface area contributed by atoms with E-state index in [1.165, 1.54) is 16.2 Å². The molecule has 0 aliphatic heterocycles. The van der Waals surface area contributed by atoms with Crippen molar-refractivity contribution in [2.75, 3.05) is 5.32 Å². The van der Waals surface area contributed by atoms with Crippen molar-refractivity contribution < 1.29 is 14.7 Å². The van der Waals surface area contributed by atoms with Crippen molar-refractivity contribution in [2.24, 2.45) is 5.92 Å². The largest absolute Gasteiger partial charge is 0.480 e. The first kappa shape index (κ1) is 13.4. The van der Waals surface area contributed by atoms with Crippen LogP contribution in [0.4, 0.5) is 9.93 Å². The van der Waals surface area contributed by atoms with Crippen LogP contribution in [0.25, 0.3) is 0 Å². The highest BCUT2D eigenvalue weighted by atomic mass is 32.1. The smallest absolute Gasteiger partial charge is 0.329 e. The number of carboxylic acids is 1. The number of carbonyl (C=O) groups excluding carboxylic acids is 1. The third-order valence-corrected chi connectivity index (χ3v) is 5.10. The van der Waals surface area contributed by atoms with E-state index in [0.29, 0.717) is 5.13 Å². The minimum Gasteiger partial charge on any atom is -0.480 e. The molecule has 20 heavy (non-hydrogen) atoms. The molecule has 1 unspecified atom stereocenters. The van der Waals surface area contributed by atoms with E-state index >= 15 is 0 Å². The molecule has 2 aliphatic carbocycles. The van der Waals surface area contributed by atoms with Crippen LogP contribution in [0.2, 0.25) is 0 Å². The fourth-order valence-electron chi connectivity index (χ4n) is 2.60. The average Bonchev–Trinajstić information content (AvgIpc) is 3.03. The summed E-state index contributed by atoms with van der Waals surface area (Å²) in [5, 5.41) is 15.1. The number of hydrogen-bond donors (Lipinski definition) is 3. The van der Waals surface area contributed by atoms with Gasteiger partial charge in [-0.1, -0.05) is 0 Å². The monoisotopic (exact) mass is 295 g/mol. The third kappa shape index (κ3) is 2.37. The number of urea groups is 1. The first-order valence-corrected chi connectivity index (χ1v) is 7.62. The van der Waals surface area contributed by atoms with E-state index in [4.69, 9.17) is 0 Å². The van der Waals surface area contributed by atoms with Crippen molar-refractivity contribution in [3.05, 3.63) is 10.6 Å². The molecular weight excluding hydrogens is 278 g/mol. The van der Waals surface area contributed by atoms with Gasteiger partial charge in [0.1, 0.15) is 5.54 Å². The Morgan fingerprint density at radius 3 is 2.75 bits per heavy atom. The van der Waals surface area contributed by atoms with Crippen LogP contribution in [-0.2, 0) is 17.6 Å². The van der Waals surface area contributed by atoms with Crippen LogP contribution in [0.15, 0.2) is 0 Å². The minimum absolute atomic E-state index is 0.0204. The lowest BCUT2D eigenvalue weighted by Gasteiger charge is -2.25. The molecule has 0 aromatic carbocycles. The van der Waals surface area contributed by atoms with Crippen LogP contribution in [0.5, 0.6) is 0 Å². The number of hydrogen-bond acceptors (Lipinski definition) is 4. The van der Waals surface area contributed by atoms with Crippen LogP contribution >= 0.6 is 11.3 Å². The Balaban J connectivity index is 1.65. The van der Waals surface area contributed by atoms with Crippen LogP contribution in [0.1, 0.15) is 36.8 Å². The van der Waals surface area contributed by atoms with E-state index in [1.54, 1.807) is 6.92 Å². The maximum Gasteiger partial charge on any atom is 0.329 e. The topological polar surface area (TPSA) is 91.3 Å². The normalized spacial score (nSPS) is 20.1. The second kappa shape index (κ2) is 4.73. The highest BCUT2D eigenvalue weighted by Gasteiger charge is 2.48. The molecule has 1 aromatic heterocycles. The highest BCUT2D eigenvalue weighted by Crippen LogP contribution is 2.39. The Hall–Kier alpha value is -1.63. The second-order valence-corrected chi connectivity index (χ2v) is 6.69. The molecule has 0 spiro atoms. The van der Waals surface area contributed by atoms with Gasteiger partial charge in [0, 0.05) is 4.88 Å². The molecule has 1 atom stereocenters. The molecule has 0 saturated heterocycles. The van der Waals surface area contributed by atoms with E-state index in [-0.39, 0.29) is 5.92 Å². The number of nitrogens with zero attached hydrogens (tertiary/aromatic N) is 1. The van der Waals surface area contributed by atoms with Crippen molar-refractivity contribution in [2.45, 2.75) is 44.6 Å². The summed E-state index contributed by atoms with van der Waals surface area (Å²) in [5.41, 5.74) is -0.127. The van der Waals surface area contributed by atoms with Gasteiger partial charge in [0.25, 0.3) is 0 Å². The molecule has 2 aliphatic rings. The number of nitrogens with one attached hydrogen (secondary N) is 2. The average molecular weight is 295 g/mol. The van der Waals surface area contributed by atoms with Gasteiger partial charge in [0.05, 0.1) is 5.69 Å². The van der Waals surface area contributed by atoms with Crippen LogP contribution < -0.4 is 10.6 Å². The first-order chi connectivity index (χ1) is 9.49. The Bertz CT molecular complexity index is 546. The number of carboxylic acid groups (broad SMARTS) is 1. The number of amides is 2. The van der Waals surface area contributed by atoms with Gasteiger partial charge in [-0.3, -0.25) is 5.32 Å². The third-order valence-electron chi connectivity index (χ3n) is 4.03. The fourth-order valence-corrected chi connectivity index (χ4v) is 3.64. The predicted octanol–water partition coefficient (Wildman–Crippen LogP) is 2.01. The lowest BCUT2D eigenvalue weighted by atomic mass is 9.96. The van der Waals surface area contributed by atoms with Gasteiger partial charge in [-0.25, -0.2) is 14.6 Å². The zero-order valence-corrected chi connectivity index (χ0v) is 12.0. The second-order valence-electron chi connectivity index (χ2n) is 5.60. The van der Waals surface area contributed by atoms with Gasteiger partial charge >= 0.3 is 12.0 Å². The zero-order chi connectivity index (χ0) is 14.3. The van der Waals surface area contributed by atoms with E-state index in [0.717, 1.165) is 37.8 Å². The molecule has 1 saturated carbocycles. The molecule has 108 valence electrons. The molecule has 1 fully saturated rings. The molecule has 0 bridgehead atoms. The SMILES string of the molecule is CC(NC(=O)Nc1nc2c(s1)CCC2)(C(=O)O)C1CC1. The number of rotatable bonds is 4. The summed E-state index contributed by atoms with van der Waals surface area (Å²) in [6.07, 6.45) is 4.79. The first-order valence-electron chi connectivity index (χ1n) is 6.80. The Morgan fingerprint density at radius 2 is 2.15 bits per heavy atom. The van der Waals surface area contributed by atoms with E-state index in [9.17, 15) is 14.7 Å². The fraction of sp³-hybridized carbons (Fsp3) is 0.615. The summed E-state index contributed by atoms with van der Waals surface area (Å²) in [5.74, 6) is -0.969. The van der Waals surface area contributed by atoms with E-state index < -0.39 is 17.5 Å². The molecule has 0 radical (unpaired) electrons. The summed E-state index contributed by atoms with van der Waals surface area (Å²) < 4.78 is 0. The van der Waals surface area contributed by atoms with Gasteiger partial charge in [0.2, 0.25) is 0 Å². The number of thiazole rings is 1. The molecule has 3 N–H and O–H groups in total. The summed E-state index contributed by atoms with van der Waals surface area (Å²) >= 11 is 1.48. The van der Waals surface area contributed by atoms with Gasteiger partial charge in [-0.2, -0.15) is 0 Å². The van der Waals surface area contributed by atoms with Crippen molar-refractivity contribution in [3.63, 3.8) is 0 Å². The van der Waals surface area contributed by atoms with Crippen molar-refractivity contribution in [1.29, 1.82) is 0 Å². The lowest BCUT2D eigenvalue weighted by molar-refractivity contribution is -0.144. The number of carbonyl (C=O) groups is 2. The predicted molar refractivity (Wildman–Crippen MR) is 75.1 cm³/mol. The maximum absolute atomic E-state index is 12.0. The molecular formula is C13H17N3O3S. The molecule has 1 aromatic rings. The summed E-state index contributed by atoms with van der Waals surface area (Å²) in [4.78, 5) is 28.9. The molecule has 6 nitrogen and oxygen atoms in total. The summed E-state index contributed by atoms with van der Waals surface area (Å²) in [6, 6.07) is -0.491. The summed E-state index contributed by atoms with van der Waals surface area (Å²) in [6.45, 7) is 1.56. The van der Waals surface area contributed by atoms with Gasteiger partial charge in [-0.05, 0) is 44.9 Å². The maximum atomic E-state index is 12.0. The lowest BCUT2D eigenvalue weighted by Crippen LogP contribution is -2.55. The number of fused-ring (bicyclic) bond motifs is 1. The van der Waals surface area contributed by atoms with Gasteiger partial charge in [0.15, 0.2) is 5.13 Å². The van der Waals surface area contributed by atoms with Crippen molar-refractivity contribution in [1.82, 2.24) is 10.3 Å². The quantitative estimate of drug-likeness (QED) is 0.792. The standard InChI is InChI=1S/C13H17N3O3S/c1-13(10(17)18,7-5-6-7)16-11(19)15-12-14-8-3-2-4-9(8)20-12/h7H,2-6H2,1H3,(H,17,18)(H2,14,15,16,19). The van der Waals surface area contributed by atoms with E-state index in [2.05, 4.69) is 15.6 Å². The number of aliphatic carboxylic acids is 1. The number of aromatic nitrogens is 1. The van der Waals surface area contributed by atoms with E-state index in [1.807, 2.05) is 0 Å².